The van der Waals surface area contributed by atoms with E-state index in [0.29, 0.717) is 22.7 Å². The fraction of sp³-hybridized carbons (Fsp3) is 0.407. The summed E-state index contributed by atoms with van der Waals surface area (Å²) in [5, 5.41) is 0. The van der Waals surface area contributed by atoms with Gasteiger partial charge in [-0.2, -0.15) is 0 Å². The van der Waals surface area contributed by atoms with E-state index in [-0.39, 0.29) is 12.8 Å². The maximum atomic E-state index is 13.8. The van der Waals surface area contributed by atoms with Crippen LogP contribution in [0.5, 0.6) is 0 Å². The minimum atomic E-state index is -1.69. The van der Waals surface area contributed by atoms with Gasteiger partial charge < -0.3 is 11.5 Å². The molecule has 0 bridgehead atoms. The van der Waals surface area contributed by atoms with Crippen LogP contribution in [0.3, 0.4) is 0 Å². The molecule has 2 aliphatic heterocycles. The lowest BCUT2D eigenvalue weighted by molar-refractivity contribution is -0.136. The van der Waals surface area contributed by atoms with E-state index in [1.54, 1.807) is 24.3 Å². The number of nitrogen functional groups attached to an aromatic ring is 2. The number of benzene rings is 2. The van der Waals surface area contributed by atoms with Crippen molar-refractivity contribution in [2.45, 2.75) is 64.2 Å². The molecule has 4 aliphatic rings. The highest BCUT2D eigenvalue weighted by molar-refractivity contribution is 6.38. The molecular weight excluding hydrogens is 444 g/mol. The number of rotatable bonds is 2. The van der Waals surface area contributed by atoms with Crippen molar-refractivity contribution in [3.05, 3.63) is 46.5 Å². The van der Waals surface area contributed by atoms with Crippen LogP contribution in [-0.4, -0.2) is 23.6 Å². The Bertz CT molecular complexity index is 1230. The maximum Gasteiger partial charge on any atom is 0.250 e. The number of hydrogen-bond acceptors (Lipinski definition) is 6. The summed E-state index contributed by atoms with van der Waals surface area (Å²) in [6, 6.07) is 6.84. The summed E-state index contributed by atoms with van der Waals surface area (Å²) in [5.41, 5.74) is 16.7. The molecule has 0 radical (unpaired) electrons. The molecule has 2 fully saturated rings. The van der Waals surface area contributed by atoms with Gasteiger partial charge >= 0.3 is 0 Å². The second-order valence-electron chi connectivity index (χ2n) is 10.2. The molecule has 35 heavy (non-hydrogen) atoms. The van der Waals surface area contributed by atoms with Gasteiger partial charge in [0.1, 0.15) is 5.41 Å². The minimum Gasteiger partial charge on any atom is -0.398 e. The van der Waals surface area contributed by atoms with E-state index >= 15 is 0 Å². The van der Waals surface area contributed by atoms with Crippen molar-refractivity contribution in [3.8, 4) is 0 Å². The average Bonchev–Trinajstić information content (AvgIpc) is 3.25. The third kappa shape index (κ3) is 2.98. The third-order valence-corrected chi connectivity index (χ3v) is 8.20. The summed E-state index contributed by atoms with van der Waals surface area (Å²) < 4.78 is 0. The molecule has 6 rings (SSSR count). The normalized spacial score (nSPS) is 21.1. The van der Waals surface area contributed by atoms with E-state index in [0.717, 1.165) is 83.4 Å². The predicted molar refractivity (Wildman–Crippen MR) is 132 cm³/mol. The van der Waals surface area contributed by atoms with Crippen molar-refractivity contribution in [2.75, 3.05) is 21.3 Å². The smallest absolute Gasteiger partial charge is 0.250 e. The molecule has 2 aromatic carbocycles. The van der Waals surface area contributed by atoms with Crippen LogP contribution in [0.2, 0.25) is 0 Å². The number of hydrogen-bond donors (Lipinski definition) is 2. The molecule has 8 nitrogen and oxygen atoms in total. The van der Waals surface area contributed by atoms with Gasteiger partial charge in [-0.15, -0.1) is 0 Å². The summed E-state index contributed by atoms with van der Waals surface area (Å²) in [7, 11) is 0. The Kier molecular flexibility index (Phi) is 4.78. The van der Waals surface area contributed by atoms with Crippen molar-refractivity contribution >= 4 is 46.4 Å². The first-order chi connectivity index (χ1) is 16.8. The van der Waals surface area contributed by atoms with Crippen LogP contribution in [0.15, 0.2) is 24.3 Å². The Morgan fingerprint density at radius 3 is 1.34 bits per heavy atom. The van der Waals surface area contributed by atoms with Gasteiger partial charge in [-0.1, -0.05) is 0 Å². The molecule has 1 spiro atoms. The Morgan fingerprint density at radius 1 is 0.571 bits per heavy atom. The largest absolute Gasteiger partial charge is 0.398 e. The highest BCUT2D eigenvalue weighted by Gasteiger charge is 2.64. The van der Waals surface area contributed by atoms with Gasteiger partial charge in [-0.25, -0.2) is 9.80 Å². The van der Waals surface area contributed by atoms with Crippen LogP contribution < -0.4 is 21.3 Å². The van der Waals surface area contributed by atoms with Crippen LogP contribution in [0, 0.1) is 5.41 Å². The predicted octanol–water partition coefficient (Wildman–Crippen LogP) is 2.82. The molecule has 4 amide bonds. The van der Waals surface area contributed by atoms with Crippen LogP contribution in [-0.2, 0) is 44.9 Å². The second-order valence-corrected chi connectivity index (χ2v) is 10.2. The van der Waals surface area contributed by atoms with Crippen molar-refractivity contribution in [1.29, 1.82) is 0 Å². The lowest BCUT2D eigenvalue weighted by Gasteiger charge is -2.27. The molecule has 2 saturated heterocycles. The van der Waals surface area contributed by atoms with Gasteiger partial charge in [0.15, 0.2) is 0 Å². The fourth-order valence-corrected chi connectivity index (χ4v) is 6.44. The quantitative estimate of drug-likeness (QED) is 0.393. The monoisotopic (exact) mass is 472 g/mol. The molecule has 0 atom stereocenters. The van der Waals surface area contributed by atoms with E-state index in [1.165, 1.54) is 0 Å². The van der Waals surface area contributed by atoms with Crippen molar-refractivity contribution in [3.63, 3.8) is 0 Å². The molecule has 8 heteroatoms. The summed E-state index contributed by atoms with van der Waals surface area (Å²) in [6.45, 7) is 0. The fourth-order valence-electron chi connectivity index (χ4n) is 6.44. The van der Waals surface area contributed by atoms with E-state index in [4.69, 9.17) is 11.5 Å². The lowest BCUT2D eigenvalue weighted by Crippen LogP contribution is -2.42. The Balaban J connectivity index is 1.40. The van der Waals surface area contributed by atoms with Crippen LogP contribution in [0.25, 0.3) is 0 Å². The maximum absolute atomic E-state index is 13.8. The number of nitrogens with two attached hydrogens (primary N) is 2. The first-order valence-electron chi connectivity index (χ1n) is 12.4. The number of amides is 4. The van der Waals surface area contributed by atoms with Crippen LogP contribution >= 0.6 is 0 Å². The van der Waals surface area contributed by atoms with Gasteiger partial charge in [0.2, 0.25) is 11.8 Å². The number of carbonyl (C=O) groups is 4. The summed E-state index contributed by atoms with van der Waals surface area (Å²) >= 11 is 0. The number of imide groups is 2. The zero-order chi connectivity index (χ0) is 24.5. The van der Waals surface area contributed by atoms with E-state index in [9.17, 15) is 19.2 Å². The Morgan fingerprint density at radius 2 is 0.943 bits per heavy atom. The molecule has 0 aromatic heterocycles. The molecule has 2 aliphatic carbocycles. The van der Waals surface area contributed by atoms with Crippen molar-refractivity contribution in [1.82, 2.24) is 0 Å². The molecule has 180 valence electrons. The standard InChI is InChI=1S/C27H28N4O4/c28-19-9-11-21(17-7-3-1-5-15(17)19)30-23(32)13-27(25(30)34)14-24(33)31(26(27)35)22-12-10-20(29)16-6-2-4-8-18(16)22/h9-12H,1-8,13-14,28-29H2. The van der Waals surface area contributed by atoms with Gasteiger partial charge in [0.25, 0.3) is 11.8 Å². The third-order valence-electron chi connectivity index (χ3n) is 8.20. The zero-order valence-corrected chi connectivity index (χ0v) is 19.6. The van der Waals surface area contributed by atoms with E-state index < -0.39 is 29.0 Å². The van der Waals surface area contributed by atoms with Gasteiger partial charge in [-0.05, 0) is 97.9 Å². The first kappa shape index (κ1) is 21.8. The summed E-state index contributed by atoms with van der Waals surface area (Å²) in [5.74, 6) is -2.11. The molecule has 4 N–H and O–H groups in total. The van der Waals surface area contributed by atoms with E-state index in [1.807, 2.05) is 0 Å². The molecule has 2 heterocycles. The molecule has 2 aromatic rings. The lowest BCUT2D eigenvalue weighted by atomic mass is 9.84. The summed E-state index contributed by atoms with van der Waals surface area (Å²) in [6.07, 6.45) is 6.31. The van der Waals surface area contributed by atoms with Crippen LogP contribution in [0.4, 0.5) is 22.7 Å². The zero-order valence-electron chi connectivity index (χ0n) is 19.6. The molecule has 0 unspecified atom stereocenters. The molecular formula is C27H28N4O4. The van der Waals surface area contributed by atoms with Crippen molar-refractivity contribution in [2.24, 2.45) is 5.41 Å². The number of carbonyl (C=O) groups excluding carboxylic acids is 4. The number of fused-ring (bicyclic) bond motifs is 2. The van der Waals surface area contributed by atoms with E-state index in [2.05, 4.69) is 0 Å². The van der Waals surface area contributed by atoms with Gasteiger partial charge in [-0.3, -0.25) is 19.2 Å². The highest BCUT2D eigenvalue weighted by atomic mass is 16.2. The SMILES string of the molecule is Nc1ccc(N2C(=O)CC3(CC(=O)N(c4ccc(N)c5c4CCCC5)C3=O)C2=O)c2c1CCCC2. The first-order valence-corrected chi connectivity index (χ1v) is 12.4. The Labute approximate surface area is 203 Å². The van der Waals surface area contributed by atoms with Gasteiger partial charge in [0, 0.05) is 11.4 Å². The summed E-state index contributed by atoms with van der Waals surface area (Å²) in [4.78, 5) is 56.5. The van der Waals surface area contributed by atoms with Gasteiger partial charge in [0.05, 0.1) is 24.2 Å². The topological polar surface area (TPSA) is 127 Å². The number of anilines is 4. The number of nitrogens with zero attached hydrogens (tertiary/aromatic N) is 2. The average molecular weight is 473 g/mol. The van der Waals surface area contributed by atoms with Crippen LogP contribution in [0.1, 0.15) is 60.8 Å². The second kappa shape index (κ2) is 7.66. The minimum absolute atomic E-state index is 0.302. The molecule has 0 saturated carbocycles. The highest BCUT2D eigenvalue weighted by Crippen LogP contribution is 2.48. The van der Waals surface area contributed by atoms with Crippen molar-refractivity contribution < 1.29 is 19.2 Å². The Hall–Kier alpha value is -3.68.